The Labute approximate surface area is 187 Å². The lowest BCUT2D eigenvalue weighted by atomic mass is 9.66. The summed E-state index contributed by atoms with van der Waals surface area (Å²) in [6.07, 6.45) is 6.66. The number of hydrogen-bond acceptors (Lipinski definition) is 3. The van der Waals surface area contributed by atoms with Gasteiger partial charge < -0.3 is 5.32 Å². The number of hydrogen-bond donors (Lipinski definition) is 3. The zero-order chi connectivity index (χ0) is 21.6. The average molecular weight is 466 g/mol. The third-order valence-corrected chi connectivity index (χ3v) is 8.43. The number of fused-ring (bicyclic) bond motifs is 1. The summed E-state index contributed by atoms with van der Waals surface area (Å²) in [6.45, 7) is 0. The molecule has 9 heteroatoms. The Morgan fingerprint density at radius 3 is 2.50 bits per heavy atom. The molecule has 3 aliphatic carbocycles. The van der Waals surface area contributed by atoms with Crippen LogP contribution in [0.15, 0.2) is 0 Å². The second-order valence-electron chi connectivity index (χ2n) is 9.16. The molecule has 0 bridgehead atoms. The van der Waals surface area contributed by atoms with Crippen molar-refractivity contribution in [3.8, 4) is 0 Å². The number of thioether (sulfide) groups is 1. The third kappa shape index (κ3) is 7.18. The minimum Gasteiger partial charge on any atom is -0.359 e. The van der Waals surface area contributed by atoms with Crippen molar-refractivity contribution in [2.75, 3.05) is 11.5 Å². The quantitative estimate of drug-likeness (QED) is 0.397. The van der Waals surface area contributed by atoms with Gasteiger partial charge in [0.1, 0.15) is 0 Å². The molecule has 0 aromatic carbocycles. The molecule has 3 saturated carbocycles. The van der Waals surface area contributed by atoms with Crippen molar-refractivity contribution in [2.24, 2.45) is 23.7 Å². The van der Waals surface area contributed by atoms with E-state index in [2.05, 4.69) is 16.2 Å². The van der Waals surface area contributed by atoms with E-state index < -0.39 is 12.1 Å². The first-order chi connectivity index (χ1) is 14.3. The molecule has 30 heavy (non-hydrogen) atoms. The van der Waals surface area contributed by atoms with Gasteiger partial charge >= 0.3 is 6.18 Å². The number of alkyl halides is 3. The van der Waals surface area contributed by atoms with Crippen LogP contribution in [0.3, 0.4) is 0 Å². The van der Waals surface area contributed by atoms with E-state index in [4.69, 9.17) is 12.2 Å². The van der Waals surface area contributed by atoms with Crippen molar-refractivity contribution in [3.05, 3.63) is 0 Å². The van der Waals surface area contributed by atoms with Crippen molar-refractivity contribution in [3.63, 3.8) is 0 Å². The monoisotopic (exact) mass is 465 g/mol. The Kier molecular flexibility index (Phi) is 8.98. The van der Waals surface area contributed by atoms with Gasteiger partial charge in [0, 0.05) is 6.04 Å². The Bertz CT molecular complexity index is 588. The zero-order valence-corrected chi connectivity index (χ0v) is 19.1. The van der Waals surface area contributed by atoms with Crippen molar-refractivity contribution in [2.45, 2.75) is 82.8 Å². The molecule has 4 nitrogen and oxygen atoms in total. The summed E-state index contributed by atoms with van der Waals surface area (Å²) >= 11 is 6.81. The first kappa shape index (κ1) is 24.0. The molecule has 1 amide bonds. The molecule has 0 radical (unpaired) electrons. The molecule has 0 heterocycles. The summed E-state index contributed by atoms with van der Waals surface area (Å²) in [5, 5.41) is 3.09. The minimum absolute atomic E-state index is 0.0265. The zero-order valence-electron chi connectivity index (χ0n) is 17.4. The van der Waals surface area contributed by atoms with Crippen LogP contribution >= 0.6 is 24.0 Å². The van der Waals surface area contributed by atoms with E-state index in [9.17, 15) is 18.0 Å². The summed E-state index contributed by atoms with van der Waals surface area (Å²) < 4.78 is 38.7. The highest BCUT2D eigenvalue weighted by atomic mass is 32.2. The van der Waals surface area contributed by atoms with Crippen molar-refractivity contribution in [1.82, 2.24) is 16.2 Å². The fraction of sp³-hybridized carbons (Fsp3) is 0.905. The average Bonchev–Trinajstić information content (AvgIpc) is 2.72. The van der Waals surface area contributed by atoms with Gasteiger partial charge in [0.25, 0.3) is 0 Å². The fourth-order valence-electron chi connectivity index (χ4n) is 5.58. The van der Waals surface area contributed by atoms with Crippen LogP contribution in [0.5, 0.6) is 0 Å². The molecule has 5 atom stereocenters. The highest BCUT2D eigenvalue weighted by Crippen LogP contribution is 2.44. The lowest BCUT2D eigenvalue weighted by molar-refractivity contribution is -0.183. The second-order valence-corrected chi connectivity index (χ2v) is 10.6. The van der Waals surface area contributed by atoms with E-state index >= 15 is 0 Å². The molecule has 3 aliphatic rings. The van der Waals surface area contributed by atoms with Gasteiger partial charge in [0.15, 0.2) is 5.11 Å². The van der Waals surface area contributed by atoms with Crippen molar-refractivity contribution < 1.29 is 18.0 Å². The summed E-state index contributed by atoms with van der Waals surface area (Å²) in [4.78, 5) is 12.1. The van der Waals surface area contributed by atoms with Gasteiger partial charge in [-0.25, -0.2) is 0 Å². The molecule has 3 N–H and O–H groups in total. The number of carbonyl (C=O) groups excluding carboxylic acids is 1. The molecule has 0 saturated heterocycles. The fourth-order valence-corrected chi connectivity index (χ4v) is 6.89. The molecule has 5 unspecified atom stereocenters. The van der Waals surface area contributed by atoms with Crippen LogP contribution in [-0.2, 0) is 4.79 Å². The largest absolute Gasteiger partial charge is 0.391 e. The third-order valence-electron chi connectivity index (χ3n) is 7.08. The van der Waals surface area contributed by atoms with Crippen LogP contribution < -0.4 is 16.2 Å². The predicted octanol–water partition coefficient (Wildman–Crippen LogP) is 4.94. The van der Waals surface area contributed by atoms with Crippen LogP contribution in [0.25, 0.3) is 0 Å². The number of carbonyl (C=O) groups is 1. The van der Waals surface area contributed by atoms with E-state index in [0.717, 1.165) is 23.5 Å². The number of thiocarbonyl (C=S) groups is 1. The van der Waals surface area contributed by atoms with Gasteiger partial charge in [-0.05, 0) is 67.8 Å². The van der Waals surface area contributed by atoms with Gasteiger partial charge in [0.05, 0.1) is 11.7 Å². The van der Waals surface area contributed by atoms with Crippen LogP contribution in [0.2, 0.25) is 0 Å². The smallest absolute Gasteiger partial charge is 0.359 e. The maximum absolute atomic E-state index is 12.9. The Morgan fingerprint density at radius 1 is 0.967 bits per heavy atom. The van der Waals surface area contributed by atoms with Crippen molar-refractivity contribution >= 4 is 35.0 Å². The van der Waals surface area contributed by atoms with Gasteiger partial charge in [-0.15, -0.1) is 0 Å². The number of halogens is 3. The van der Waals surface area contributed by atoms with Gasteiger partial charge in [-0.3, -0.25) is 15.6 Å². The SMILES string of the molecule is O=C(CSCC1CCCC2CCCCC21)NNC(=S)NC1CCCC(C(F)(F)F)C1. The summed E-state index contributed by atoms with van der Waals surface area (Å²) in [5.74, 6) is 2.42. The lowest BCUT2D eigenvalue weighted by Gasteiger charge is -2.41. The Hall–Kier alpha value is -0.700. The standard InChI is InChI=1S/C21H34F3N3OS2/c22-21(23,24)16-8-4-9-17(11-16)25-20(29)27-26-19(28)13-30-12-15-7-3-6-14-5-1-2-10-18(14)15/h14-18H,1-13H2,(H,26,28)(H2,25,27,29). The van der Waals surface area contributed by atoms with Crippen LogP contribution in [0.1, 0.15) is 70.6 Å². The molecule has 0 spiro atoms. The van der Waals surface area contributed by atoms with Crippen LogP contribution in [0.4, 0.5) is 13.2 Å². The first-order valence-electron chi connectivity index (χ1n) is 11.3. The summed E-state index contributed by atoms with van der Waals surface area (Å²) in [6, 6.07) is -0.314. The minimum atomic E-state index is -4.16. The first-order valence-corrected chi connectivity index (χ1v) is 12.9. The van der Waals surface area contributed by atoms with E-state index in [-0.39, 0.29) is 29.9 Å². The molecule has 172 valence electrons. The van der Waals surface area contributed by atoms with Crippen molar-refractivity contribution in [1.29, 1.82) is 0 Å². The number of hydrazine groups is 1. The number of amides is 1. The predicted molar refractivity (Wildman–Crippen MR) is 119 cm³/mol. The van der Waals surface area contributed by atoms with Crippen LogP contribution in [0, 0.1) is 23.7 Å². The highest BCUT2D eigenvalue weighted by Gasteiger charge is 2.42. The van der Waals surface area contributed by atoms with E-state index in [1.54, 1.807) is 11.8 Å². The van der Waals surface area contributed by atoms with E-state index in [1.807, 2.05) is 0 Å². The Morgan fingerprint density at radius 2 is 1.70 bits per heavy atom. The van der Waals surface area contributed by atoms with Gasteiger partial charge in [-0.2, -0.15) is 24.9 Å². The lowest BCUT2D eigenvalue weighted by Crippen LogP contribution is -2.51. The van der Waals surface area contributed by atoms with Gasteiger partial charge in [-0.1, -0.05) is 38.5 Å². The summed E-state index contributed by atoms with van der Waals surface area (Å²) in [7, 11) is 0. The normalized spacial score (nSPS) is 32.0. The molecule has 0 aromatic heterocycles. The van der Waals surface area contributed by atoms with Gasteiger partial charge in [0.2, 0.25) is 5.91 Å². The molecule has 0 aliphatic heterocycles. The molecule has 3 rings (SSSR count). The maximum atomic E-state index is 12.9. The molecule has 3 fully saturated rings. The summed E-state index contributed by atoms with van der Waals surface area (Å²) in [5.41, 5.74) is 5.22. The molecular weight excluding hydrogens is 431 g/mol. The number of rotatable bonds is 5. The number of nitrogens with one attached hydrogen (secondary N) is 3. The highest BCUT2D eigenvalue weighted by molar-refractivity contribution is 7.99. The van der Waals surface area contributed by atoms with Crippen LogP contribution in [-0.4, -0.2) is 34.7 Å². The maximum Gasteiger partial charge on any atom is 0.391 e. The second kappa shape index (κ2) is 11.2. The van der Waals surface area contributed by atoms with E-state index in [0.29, 0.717) is 18.6 Å². The topological polar surface area (TPSA) is 53.2 Å². The molecular formula is C21H34F3N3OS2. The Balaban J connectivity index is 1.30. The van der Waals surface area contributed by atoms with E-state index in [1.165, 1.54) is 44.9 Å². The molecule has 0 aromatic rings.